The van der Waals surface area contributed by atoms with Gasteiger partial charge in [-0.3, -0.25) is 0 Å². The summed E-state index contributed by atoms with van der Waals surface area (Å²) in [5, 5.41) is 0. The second-order valence-electron chi connectivity index (χ2n) is 9.15. The predicted octanol–water partition coefficient (Wildman–Crippen LogP) is 6.85. The van der Waals surface area contributed by atoms with Crippen LogP contribution in [0.25, 0.3) is 0 Å². The van der Waals surface area contributed by atoms with Crippen molar-refractivity contribution in [2.45, 2.75) is 85.5 Å². The maximum atomic E-state index is 2.71. The maximum Gasteiger partial charge on any atom is 0.00218 e. The van der Waals surface area contributed by atoms with Gasteiger partial charge in [-0.15, -0.1) is 0 Å². The molecule has 1 atom stereocenters. The van der Waals surface area contributed by atoms with Gasteiger partial charge in [0.15, 0.2) is 0 Å². The van der Waals surface area contributed by atoms with Crippen molar-refractivity contribution < 1.29 is 0 Å². The zero-order chi connectivity index (χ0) is 21.3. The Hall–Kier alpha value is -0.860. The topological polar surface area (TPSA) is 6.48 Å². The Morgan fingerprint density at radius 3 is 2.10 bits per heavy atom. The van der Waals surface area contributed by atoms with Gasteiger partial charge in [-0.1, -0.05) is 83.7 Å². The van der Waals surface area contributed by atoms with Crippen LogP contribution in [-0.4, -0.2) is 49.6 Å². The molecule has 0 amide bonds. The summed E-state index contributed by atoms with van der Waals surface area (Å²) in [6, 6.07) is 11.0. The molecule has 1 radical (unpaired) electrons. The molecule has 2 heteroatoms. The Bertz CT molecular complexity index is 471. The summed E-state index contributed by atoms with van der Waals surface area (Å²) in [6.45, 7) is 15.4. The number of rotatable bonds is 18. The van der Waals surface area contributed by atoms with Crippen molar-refractivity contribution in [2.75, 3.05) is 39.8 Å². The second kappa shape index (κ2) is 16.9. The van der Waals surface area contributed by atoms with Crippen molar-refractivity contribution in [3.63, 3.8) is 0 Å². The average Bonchev–Trinajstić information content (AvgIpc) is 2.73. The van der Waals surface area contributed by atoms with Gasteiger partial charge >= 0.3 is 0 Å². The first-order chi connectivity index (χ1) is 14.1. The van der Waals surface area contributed by atoms with Gasteiger partial charge in [-0.2, -0.15) is 0 Å². The van der Waals surface area contributed by atoms with Crippen LogP contribution in [0, 0.1) is 11.8 Å². The van der Waals surface area contributed by atoms with Gasteiger partial charge in [0.05, 0.1) is 0 Å². The highest BCUT2D eigenvalue weighted by Gasteiger charge is 2.16. The molecule has 0 aromatic heterocycles. The smallest absolute Gasteiger partial charge is 0.00218 e. The zero-order valence-corrected chi connectivity index (χ0v) is 20.3. The van der Waals surface area contributed by atoms with Gasteiger partial charge in [0, 0.05) is 6.54 Å². The lowest BCUT2D eigenvalue weighted by Gasteiger charge is -2.28. The molecule has 0 fully saturated rings. The number of benzene rings is 1. The fourth-order valence-electron chi connectivity index (χ4n) is 4.01. The summed E-state index contributed by atoms with van der Waals surface area (Å²) in [7, 11) is 2.31. The first-order valence-electron chi connectivity index (χ1n) is 12.3. The number of nitrogens with zero attached hydrogens (tertiary/aromatic N) is 2. The van der Waals surface area contributed by atoms with Crippen molar-refractivity contribution in [3.05, 3.63) is 41.8 Å². The summed E-state index contributed by atoms with van der Waals surface area (Å²) in [4.78, 5) is 5.26. The van der Waals surface area contributed by atoms with Crippen LogP contribution in [-0.2, 0) is 6.42 Å². The van der Waals surface area contributed by atoms with E-state index >= 15 is 0 Å². The largest absolute Gasteiger partial charge is 0.306 e. The van der Waals surface area contributed by atoms with E-state index in [1.54, 1.807) is 5.92 Å². The van der Waals surface area contributed by atoms with E-state index in [2.05, 4.69) is 74.9 Å². The quantitative estimate of drug-likeness (QED) is 0.248. The Morgan fingerprint density at radius 1 is 0.759 bits per heavy atom. The highest BCUT2D eigenvalue weighted by molar-refractivity contribution is 5.14. The highest BCUT2D eigenvalue weighted by Crippen LogP contribution is 2.22. The van der Waals surface area contributed by atoms with Crippen LogP contribution in [0.1, 0.15) is 84.6 Å². The maximum absolute atomic E-state index is 2.71. The molecule has 1 aromatic rings. The first kappa shape index (κ1) is 26.2. The molecule has 1 aromatic carbocycles. The van der Waals surface area contributed by atoms with E-state index in [4.69, 9.17) is 0 Å². The Balaban J connectivity index is 2.41. The van der Waals surface area contributed by atoms with Crippen molar-refractivity contribution in [2.24, 2.45) is 5.92 Å². The summed E-state index contributed by atoms with van der Waals surface area (Å²) in [5.74, 6) is 2.37. The summed E-state index contributed by atoms with van der Waals surface area (Å²) in [5.41, 5.74) is 1.47. The van der Waals surface area contributed by atoms with E-state index in [0.717, 1.165) is 5.92 Å². The number of unbranched alkanes of at least 4 members (excludes halogenated alkanes) is 4. The van der Waals surface area contributed by atoms with Crippen molar-refractivity contribution in [1.82, 2.24) is 9.80 Å². The van der Waals surface area contributed by atoms with Crippen LogP contribution in [0.15, 0.2) is 30.3 Å². The monoisotopic (exact) mass is 401 g/mol. The average molecular weight is 402 g/mol. The lowest BCUT2D eigenvalue weighted by molar-refractivity contribution is 0.236. The molecule has 0 heterocycles. The third-order valence-corrected chi connectivity index (χ3v) is 6.25. The fraction of sp³-hybridized carbons (Fsp3) is 0.741. The summed E-state index contributed by atoms with van der Waals surface area (Å²) >= 11 is 0. The molecule has 2 nitrogen and oxygen atoms in total. The molecule has 0 aliphatic rings. The predicted molar refractivity (Wildman–Crippen MR) is 130 cm³/mol. The van der Waals surface area contributed by atoms with E-state index < -0.39 is 0 Å². The van der Waals surface area contributed by atoms with Gasteiger partial charge in [0.25, 0.3) is 0 Å². The van der Waals surface area contributed by atoms with Crippen molar-refractivity contribution >= 4 is 0 Å². The minimum atomic E-state index is 0.758. The molecule has 0 aliphatic carbocycles. The van der Waals surface area contributed by atoms with Gasteiger partial charge < -0.3 is 9.80 Å². The van der Waals surface area contributed by atoms with Crippen molar-refractivity contribution in [1.29, 1.82) is 0 Å². The molecule has 1 rings (SSSR count). The van der Waals surface area contributed by atoms with Gasteiger partial charge in [-0.05, 0) is 82.7 Å². The Kier molecular flexibility index (Phi) is 15.2. The van der Waals surface area contributed by atoms with E-state index in [1.165, 1.54) is 96.1 Å². The van der Waals surface area contributed by atoms with Crippen molar-refractivity contribution in [3.8, 4) is 0 Å². The molecule has 29 heavy (non-hydrogen) atoms. The molecule has 0 aliphatic heterocycles. The molecule has 0 saturated heterocycles. The molecule has 1 unspecified atom stereocenters. The third-order valence-electron chi connectivity index (χ3n) is 6.25. The molecule has 0 saturated carbocycles. The van der Waals surface area contributed by atoms with E-state index in [1.807, 2.05) is 0 Å². The third kappa shape index (κ3) is 13.1. The highest BCUT2D eigenvalue weighted by atomic mass is 15.1. The van der Waals surface area contributed by atoms with Gasteiger partial charge in [0.2, 0.25) is 0 Å². The number of hydrogen-bond acceptors (Lipinski definition) is 2. The molecule has 0 spiro atoms. The van der Waals surface area contributed by atoms with Crippen LogP contribution in [0.5, 0.6) is 0 Å². The molecule has 0 N–H and O–H groups in total. The van der Waals surface area contributed by atoms with Crippen LogP contribution < -0.4 is 0 Å². The van der Waals surface area contributed by atoms with Crippen LogP contribution >= 0.6 is 0 Å². The second-order valence-corrected chi connectivity index (χ2v) is 9.15. The number of hydrogen-bond donors (Lipinski definition) is 0. The summed E-state index contributed by atoms with van der Waals surface area (Å²) in [6.07, 6.45) is 11.8. The molecule has 0 bridgehead atoms. The van der Waals surface area contributed by atoms with Crippen LogP contribution in [0.2, 0.25) is 0 Å². The van der Waals surface area contributed by atoms with Crippen LogP contribution in [0.3, 0.4) is 0 Å². The van der Waals surface area contributed by atoms with E-state index in [-0.39, 0.29) is 0 Å². The lowest BCUT2D eigenvalue weighted by atomic mass is 9.89. The van der Waals surface area contributed by atoms with Gasteiger partial charge in [0.1, 0.15) is 0 Å². The Morgan fingerprint density at radius 2 is 1.45 bits per heavy atom. The lowest BCUT2D eigenvalue weighted by Crippen LogP contribution is -2.31. The first-order valence-corrected chi connectivity index (χ1v) is 12.3. The molecule has 167 valence electrons. The normalized spacial score (nSPS) is 13.0. The van der Waals surface area contributed by atoms with Crippen LogP contribution in [0.4, 0.5) is 0 Å². The van der Waals surface area contributed by atoms with E-state index in [9.17, 15) is 0 Å². The minimum Gasteiger partial charge on any atom is -0.306 e. The Labute approximate surface area is 183 Å². The minimum absolute atomic E-state index is 0.758. The fourth-order valence-corrected chi connectivity index (χ4v) is 4.01. The standard InChI is InChI=1S/C27H49N2/c1-6-8-10-14-20-28(5)22-18-27(25(3)4)19-24-29(21-9-7-2)23-17-26-15-12-11-13-16-26/h11-13,15-16,27H,6-10,14,17-24H2,1-5H3. The van der Waals surface area contributed by atoms with E-state index in [0.29, 0.717) is 0 Å². The summed E-state index contributed by atoms with van der Waals surface area (Å²) < 4.78 is 0. The molecular formula is C27H49N2. The molecular weight excluding hydrogens is 352 g/mol. The SMILES string of the molecule is CCCCCCN(C)CCC(CCN(CCCC)CCc1ccccc1)[C](C)C. The zero-order valence-electron chi connectivity index (χ0n) is 20.3. The van der Waals surface area contributed by atoms with Gasteiger partial charge in [-0.25, -0.2) is 0 Å².